The Hall–Kier alpha value is -2.49. The van der Waals surface area contributed by atoms with E-state index in [1.807, 2.05) is 57.2 Å². The Labute approximate surface area is 200 Å². The van der Waals surface area contributed by atoms with Crippen molar-refractivity contribution in [2.75, 3.05) is 38.2 Å². The van der Waals surface area contributed by atoms with Crippen molar-refractivity contribution >= 4 is 26.7 Å². The predicted molar refractivity (Wildman–Crippen MR) is 132 cm³/mol. The molecule has 2 heterocycles. The molecule has 0 radical (unpaired) electrons. The molecule has 1 aromatic heterocycles. The standard InChI is InChI=1S/C24H30N4O3S2/c1-17-13-18(2)23(19(3)14-17)33(29,30)28-10-6-9-27(11-12-28)24-25-22(26-32-24)16-20-7-5-8-21(15-20)31-4/h5,7-8,13-15H,6,9-12,16H2,1-4H3. The highest BCUT2D eigenvalue weighted by molar-refractivity contribution is 7.89. The normalized spacial score (nSPS) is 15.5. The molecule has 0 spiro atoms. The maximum Gasteiger partial charge on any atom is 0.243 e. The fourth-order valence-corrected chi connectivity index (χ4v) is 7.06. The van der Waals surface area contributed by atoms with Gasteiger partial charge in [-0.05, 0) is 56.0 Å². The number of benzene rings is 2. The topological polar surface area (TPSA) is 75.6 Å². The lowest BCUT2D eigenvalue weighted by Crippen LogP contribution is -2.36. The monoisotopic (exact) mass is 486 g/mol. The molecule has 3 aromatic rings. The van der Waals surface area contributed by atoms with E-state index < -0.39 is 10.0 Å². The van der Waals surface area contributed by atoms with E-state index in [2.05, 4.69) is 9.27 Å². The van der Waals surface area contributed by atoms with Gasteiger partial charge in [-0.1, -0.05) is 29.8 Å². The zero-order valence-corrected chi connectivity index (χ0v) is 21.2. The number of sulfonamides is 1. The first-order valence-corrected chi connectivity index (χ1v) is 13.3. The molecule has 33 heavy (non-hydrogen) atoms. The SMILES string of the molecule is COc1cccc(Cc2nsc(N3CCCN(S(=O)(=O)c4c(C)cc(C)cc4C)CC3)n2)c1. The van der Waals surface area contributed by atoms with Crippen LogP contribution in [0.3, 0.4) is 0 Å². The molecule has 1 aliphatic rings. The van der Waals surface area contributed by atoms with Crippen molar-refractivity contribution in [3.8, 4) is 5.75 Å². The van der Waals surface area contributed by atoms with Crippen LogP contribution in [0.2, 0.25) is 0 Å². The van der Waals surface area contributed by atoms with Gasteiger partial charge < -0.3 is 9.64 Å². The van der Waals surface area contributed by atoms with Crippen molar-refractivity contribution in [1.29, 1.82) is 0 Å². The van der Waals surface area contributed by atoms with Crippen LogP contribution in [0.4, 0.5) is 5.13 Å². The third kappa shape index (κ3) is 5.20. The molecule has 2 aromatic carbocycles. The number of aromatic nitrogens is 2. The van der Waals surface area contributed by atoms with E-state index in [9.17, 15) is 8.42 Å². The van der Waals surface area contributed by atoms with Crippen LogP contribution in [0, 0.1) is 20.8 Å². The lowest BCUT2D eigenvalue weighted by molar-refractivity contribution is 0.414. The van der Waals surface area contributed by atoms with Gasteiger partial charge in [0.2, 0.25) is 15.2 Å². The second kappa shape index (κ2) is 9.79. The Morgan fingerprint density at radius 2 is 1.79 bits per heavy atom. The average Bonchev–Trinajstić information content (AvgIpc) is 3.06. The Morgan fingerprint density at radius 1 is 1.03 bits per heavy atom. The fraction of sp³-hybridized carbons (Fsp3) is 0.417. The van der Waals surface area contributed by atoms with E-state index in [0.29, 0.717) is 31.0 Å². The second-order valence-corrected chi connectivity index (χ2v) is 11.1. The Bertz CT molecular complexity index is 1220. The quantitative estimate of drug-likeness (QED) is 0.525. The van der Waals surface area contributed by atoms with Crippen LogP contribution in [0.25, 0.3) is 0 Å². The number of methoxy groups -OCH3 is 1. The highest BCUT2D eigenvalue weighted by Crippen LogP contribution is 2.27. The van der Waals surface area contributed by atoms with E-state index in [4.69, 9.17) is 9.72 Å². The number of ether oxygens (including phenoxy) is 1. The largest absolute Gasteiger partial charge is 0.497 e. The number of aryl methyl sites for hydroxylation is 3. The van der Waals surface area contributed by atoms with Crippen LogP contribution >= 0.6 is 11.5 Å². The lowest BCUT2D eigenvalue weighted by atomic mass is 10.1. The molecule has 7 nitrogen and oxygen atoms in total. The summed E-state index contributed by atoms with van der Waals surface area (Å²) >= 11 is 1.37. The fourth-order valence-electron chi connectivity index (χ4n) is 4.44. The van der Waals surface area contributed by atoms with Gasteiger partial charge in [0.25, 0.3) is 0 Å². The molecule has 9 heteroatoms. The summed E-state index contributed by atoms with van der Waals surface area (Å²) in [5.74, 6) is 1.58. The minimum atomic E-state index is -3.55. The summed E-state index contributed by atoms with van der Waals surface area (Å²) in [4.78, 5) is 7.33. The van der Waals surface area contributed by atoms with Gasteiger partial charge in [0.1, 0.15) is 11.6 Å². The smallest absolute Gasteiger partial charge is 0.243 e. The van der Waals surface area contributed by atoms with Crippen molar-refractivity contribution < 1.29 is 13.2 Å². The maximum atomic E-state index is 13.5. The molecule has 0 aliphatic carbocycles. The molecule has 0 unspecified atom stereocenters. The van der Waals surface area contributed by atoms with Gasteiger partial charge in [0, 0.05) is 44.1 Å². The number of nitrogens with zero attached hydrogens (tertiary/aromatic N) is 4. The van der Waals surface area contributed by atoms with Crippen molar-refractivity contribution in [2.24, 2.45) is 0 Å². The molecular formula is C24H30N4O3S2. The van der Waals surface area contributed by atoms with E-state index in [1.54, 1.807) is 11.4 Å². The first kappa shape index (κ1) is 23.7. The minimum absolute atomic E-state index is 0.430. The van der Waals surface area contributed by atoms with Crippen LogP contribution in [-0.2, 0) is 16.4 Å². The summed E-state index contributed by atoms with van der Waals surface area (Å²) in [6, 6.07) is 11.8. The average molecular weight is 487 g/mol. The van der Waals surface area contributed by atoms with E-state index in [-0.39, 0.29) is 0 Å². The third-order valence-corrected chi connectivity index (χ3v) is 8.90. The van der Waals surface area contributed by atoms with E-state index in [1.165, 1.54) is 11.5 Å². The first-order valence-electron chi connectivity index (χ1n) is 11.1. The molecule has 0 atom stereocenters. The highest BCUT2D eigenvalue weighted by Gasteiger charge is 2.30. The summed E-state index contributed by atoms with van der Waals surface area (Å²) in [5, 5.41) is 0.842. The molecule has 0 N–H and O–H groups in total. The Kier molecular flexibility index (Phi) is 7.02. The van der Waals surface area contributed by atoms with Gasteiger partial charge in [-0.25, -0.2) is 13.4 Å². The van der Waals surface area contributed by atoms with Crippen molar-refractivity contribution in [3.05, 3.63) is 64.5 Å². The van der Waals surface area contributed by atoms with Crippen molar-refractivity contribution in [3.63, 3.8) is 0 Å². The van der Waals surface area contributed by atoms with Gasteiger partial charge in [-0.2, -0.15) is 8.68 Å². The van der Waals surface area contributed by atoms with E-state index in [0.717, 1.165) is 51.9 Å². The molecule has 1 aliphatic heterocycles. The van der Waals surface area contributed by atoms with Crippen molar-refractivity contribution in [2.45, 2.75) is 38.5 Å². The molecule has 0 saturated carbocycles. The van der Waals surface area contributed by atoms with Gasteiger partial charge >= 0.3 is 0 Å². The Balaban J connectivity index is 1.46. The first-order chi connectivity index (χ1) is 15.8. The van der Waals surface area contributed by atoms with Crippen LogP contribution in [0.1, 0.15) is 34.5 Å². The van der Waals surface area contributed by atoms with Crippen LogP contribution < -0.4 is 9.64 Å². The second-order valence-electron chi connectivity index (χ2n) is 8.49. The molecule has 1 saturated heterocycles. The summed E-state index contributed by atoms with van der Waals surface area (Å²) in [5.41, 5.74) is 3.78. The molecule has 176 valence electrons. The summed E-state index contributed by atoms with van der Waals surface area (Å²) < 4.78 is 38.4. The number of anilines is 1. The number of rotatable bonds is 6. The zero-order valence-electron chi connectivity index (χ0n) is 19.5. The summed E-state index contributed by atoms with van der Waals surface area (Å²) in [7, 11) is -1.89. The zero-order chi connectivity index (χ0) is 23.6. The maximum absolute atomic E-state index is 13.5. The molecule has 0 amide bonds. The van der Waals surface area contributed by atoms with Crippen LogP contribution in [0.15, 0.2) is 41.3 Å². The highest BCUT2D eigenvalue weighted by atomic mass is 32.2. The van der Waals surface area contributed by atoms with Gasteiger partial charge in [0.05, 0.1) is 12.0 Å². The summed E-state index contributed by atoms with van der Waals surface area (Å²) in [6.45, 7) is 8.03. The molecule has 1 fully saturated rings. The molecular weight excluding hydrogens is 456 g/mol. The van der Waals surface area contributed by atoms with Gasteiger partial charge in [-0.3, -0.25) is 0 Å². The number of hydrogen-bond donors (Lipinski definition) is 0. The van der Waals surface area contributed by atoms with Crippen LogP contribution in [-0.4, -0.2) is 55.4 Å². The van der Waals surface area contributed by atoms with Gasteiger partial charge in [-0.15, -0.1) is 0 Å². The summed E-state index contributed by atoms with van der Waals surface area (Å²) in [6.07, 6.45) is 1.38. The lowest BCUT2D eigenvalue weighted by Gasteiger charge is -2.23. The number of hydrogen-bond acceptors (Lipinski definition) is 7. The molecule has 4 rings (SSSR count). The Morgan fingerprint density at radius 3 is 2.52 bits per heavy atom. The van der Waals surface area contributed by atoms with E-state index >= 15 is 0 Å². The van der Waals surface area contributed by atoms with Crippen LogP contribution in [0.5, 0.6) is 5.75 Å². The van der Waals surface area contributed by atoms with Crippen molar-refractivity contribution in [1.82, 2.24) is 13.7 Å². The van der Waals surface area contributed by atoms with Gasteiger partial charge in [0.15, 0.2) is 0 Å². The predicted octanol–water partition coefficient (Wildman–Crippen LogP) is 3.96. The third-order valence-electron chi connectivity index (χ3n) is 5.88. The minimum Gasteiger partial charge on any atom is -0.497 e. The molecule has 0 bridgehead atoms.